The number of benzene rings is 1. The van der Waals surface area contributed by atoms with Gasteiger partial charge in [0.05, 0.1) is 18.8 Å². The van der Waals surface area contributed by atoms with Crippen molar-refractivity contribution in [1.82, 2.24) is 9.88 Å². The third-order valence-corrected chi connectivity index (χ3v) is 3.66. The van der Waals surface area contributed by atoms with Crippen LogP contribution >= 0.6 is 0 Å². The second-order valence-electron chi connectivity index (χ2n) is 4.88. The maximum absolute atomic E-state index is 6.04. The van der Waals surface area contributed by atoms with Crippen molar-refractivity contribution in [3.8, 4) is 5.75 Å². The molecule has 0 radical (unpaired) electrons. The number of aromatic nitrogens is 1. The topological polar surface area (TPSA) is 51.4 Å². The number of rotatable bonds is 7. The van der Waals surface area contributed by atoms with Gasteiger partial charge in [-0.3, -0.25) is 9.88 Å². The van der Waals surface area contributed by atoms with E-state index < -0.39 is 0 Å². The molecular weight excluding hydrogens is 262 g/mol. The van der Waals surface area contributed by atoms with E-state index in [2.05, 4.69) is 22.9 Å². The summed E-state index contributed by atoms with van der Waals surface area (Å²) in [6.45, 7) is 4.36. The van der Waals surface area contributed by atoms with Gasteiger partial charge in [-0.1, -0.05) is 31.2 Å². The molecule has 1 aromatic heterocycles. The van der Waals surface area contributed by atoms with Crippen LogP contribution in [0.5, 0.6) is 5.75 Å². The predicted octanol–water partition coefficient (Wildman–Crippen LogP) is 2.61. The molecule has 2 rings (SSSR count). The van der Waals surface area contributed by atoms with E-state index in [1.54, 1.807) is 7.11 Å². The van der Waals surface area contributed by atoms with Crippen molar-refractivity contribution >= 4 is 0 Å². The summed E-state index contributed by atoms with van der Waals surface area (Å²) >= 11 is 0. The summed E-state index contributed by atoms with van der Waals surface area (Å²) < 4.78 is 5.48. The molecule has 0 bridgehead atoms. The van der Waals surface area contributed by atoms with Crippen LogP contribution in [0.15, 0.2) is 48.7 Å². The van der Waals surface area contributed by atoms with E-state index in [0.29, 0.717) is 6.54 Å². The Hall–Kier alpha value is -1.91. The number of nitrogens with zero attached hydrogens (tertiary/aromatic N) is 2. The Morgan fingerprint density at radius 2 is 1.95 bits per heavy atom. The first kappa shape index (κ1) is 15.5. The summed E-state index contributed by atoms with van der Waals surface area (Å²) in [6, 6.07) is 14.2. The first-order chi connectivity index (χ1) is 10.3. The van der Waals surface area contributed by atoms with Gasteiger partial charge in [0.15, 0.2) is 0 Å². The zero-order valence-corrected chi connectivity index (χ0v) is 12.7. The highest BCUT2D eigenvalue weighted by molar-refractivity contribution is 5.36. The van der Waals surface area contributed by atoms with Gasteiger partial charge >= 0.3 is 0 Å². The summed E-state index contributed by atoms with van der Waals surface area (Å²) in [5.41, 5.74) is 8.21. The molecular formula is C17H23N3O. The van der Waals surface area contributed by atoms with Gasteiger partial charge in [-0.25, -0.2) is 0 Å². The van der Waals surface area contributed by atoms with Crippen LogP contribution in [0.2, 0.25) is 0 Å². The van der Waals surface area contributed by atoms with Crippen molar-refractivity contribution in [2.75, 3.05) is 20.2 Å². The van der Waals surface area contributed by atoms with Crippen molar-refractivity contribution in [2.45, 2.75) is 19.5 Å². The Kier molecular flexibility index (Phi) is 5.72. The summed E-state index contributed by atoms with van der Waals surface area (Å²) in [7, 11) is 1.70. The minimum atomic E-state index is 0.119. The van der Waals surface area contributed by atoms with Gasteiger partial charge in [-0.2, -0.15) is 0 Å². The zero-order valence-electron chi connectivity index (χ0n) is 12.7. The first-order valence-corrected chi connectivity index (χ1v) is 7.27. The van der Waals surface area contributed by atoms with Gasteiger partial charge in [0, 0.05) is 24.8 Å². The fourth-order valence-electron chi connectivity index (χ4n) is 2.56. The van der Waals surface area contributed by atoms with Crippen LogP contribution in [0.3, 0.4) is 0 Å². The summed E-state index contributed by atoms with van der Waals surface area (Å²) in [4.78, 5) is 6.73. The quantitative estimate of drug-likeness (QED) is 0.849. The molecule has 4 heteroatoms. The number of ether oxygens (including phenoxy) is 1. The standard InChI is InChI=1S/C17H23N3O/c1-3-20(13-14-8-6-7-11-19-14)16(12-18)15-9-4-5-10-17(15)21-2/h4-11,16H,3,12-13,18H2,1-2H3. The van der Waals surface area contributed by atoms with Gasteiger partial charge in [0.1, 0.15) is 5.75 Å². The van der Waals surface area contributed by atoms with Crippen LogP contribution in [0.4, 0.5) is 0 Å². The predicted molar refractivity (Wildman–Crippen MR) is 85.1 cm³/mol. The maximum Gasteiger partial charge on any atom is 0.123 e. The third kappa shape index (κ3) is 3.80. The second kappa shape index (κ2) is 7.76. The monoisotopic (exact) mass is 285 g/mol. The van der Waals surface area contributed by atoms with E-state index in [4.69, 9.17) is 10.5 Å². The number of hydrogen-bond acceptors (Lipinski definition) is 4. The third-order valence-electron chi connectivity index (χ3n) is 3.66. The molecule has 0 spiro atoms. The molecule has 1 atom stereocenters. The minimum Gasteiger partial charge on any atom is -0.496 e. The Morgan fingerprint density at radius 3 is 2.57 bits per heavy atom. The molecule has 112 valence electrons. The van der Waals surface area contributed by atoms with Crippen LogP contribution in [0.25, 0.3) is 0 Å². The van der Waals surface area contributed by atoms with Gasteiger partial charge in [-0.05, 0) is 24.7 Å². The highest BCUT2D eigenvalue weighted by Gasteiger charge is 2.21. The largest absolute Gasteiger partial charge is 0.496 e. The van der Waals surface area contributed by atoms with Crippen molar-refractivity contribution in [1.29, 1.82) is 0 Å². The first-order valence-electron chi connectivity index (χ1n) is 7.27. The number of pyridine rings is 1. The fraction of sp³-hybridized carbons (Fsp3) is 0.353. The Balaban J connectivity index is 2.25. The van der Waals surface area contributed by atoms with E-state index >= 15 is 0 Å². The van der Waals surface area contributed by atoms with Crippen molar-refractivity contribution in [3.05, 3.63) is 59.9 Å². The summed E-state index contributed by atoms with van der Waals surface area (Å²) in [5.74, 6) is 0.882. The van der Waals surface area contributed by atoms with Crippen LogP contribution in [0, 0.1) is 0 Å². The number of methoxy groups -OCH3 is 1. The van der Waals surface area contributed by atoms with Crippen molar-refractivity contribution < 1.29 is 4.74 Å². The van der Waals surface area contributed by atoms with E-state index in [9.17, 15) is 0 Å². The SMILES string of the molecule is CCN(Cc1ccccn1)C(CN)c1ccccc1OC. The minimum absolute atomic E-state index is 0.119. The van der Waals surface area contributed by atoms with E-state index in [-0.39, 0.29) is 6.04 Å². The van der Waals surface area contributed by atoms with Crippen LogP contribution in [0.1, 0.15) is 24.2 Å². The average Bonchev–Trinajstić information content (AvgIpc) is 2.56. The van der Waals surface area contributed by atoms with Crippen LogP contribution in [-0.4, -0.2) is 30.1 Å². The Labute approximate surface area is 126 Å². The molecule has 1 aromatic carbocycles. The normalized spacial score (nSPS) is 12.4. The van der Waals surface area contributed by atoms with Gasteiger partial charge in [0.25, 0.3) is 0 Å². The lowest BCUT2D eigenvalue weighted by Crippen LogP contribution is -2.33. The molecule has 0 aliphatic heterocycles. The number of para-hydroxylation sites is 1. The molecule has 0 fully saturated rings. The Bertz CT molecular complexity index is 545. The molecule has 4 nitrogen and oxygen atoms in total. The van der Waals surface area contributed by atoms with Crippen LogP contribution < -0.4 is 10.5 Å². The molecule has 21 heavy (non-hydrogen) atoms. The van der Waals surface area contributed by atoms with E-state index in [1.165, 1.54) is 0 Å². The smallest absolute Gasteiger partial charge is 0.123 e. The van der Waals surface area contributed by atoms with Gasteiger partial charge in [-0.15, -0.1) is 0 Å². The molecule has 0 aliphatic carbocycles. The van der Waals surface area contributed by atoms with E-state index in [0.717, 1.165) is 30.1 Å². The molecule has 0 saturated carbocycles. The highest BCUT2D eigenvalue weighted by atomic mass is 16.5. The molecule has 0 amide bonds. The molecule has 1 unspecified atom stereocenters. The van der Waals surface area contributed by atoms with Crippen LogP contribution in [-0.2, 0) is 6.54 Å². The maximum atomic E-state index is 6.04. The Morgan fingerprint density at radius 1 is 1.19 bits per heavy atom. The molecule has 0 saturated heterocycles. The molecule has 1 heterocycles. The lowest BCUT2D eigenvalue weighted by molar-refractivity contribution is 0.197. The molecule has 2 aromatic rings. The van der Waals surface area contributed by atoms with Crippen molar-refractivity contribution in [3.63, 3.8) is 0 Å². The summed E-state index contributed by atoms with van der Waals surface area (Å²) in [6.07, 6.45) is 1.82. The second-order valence-corrected chi connectivity index (χ2v) is 4.88. The zero-order chi connectivity index (χ0) is 15.1. The van der Waals surface area contributed by atoms with Gasteiger partial charge < -0.3 is 10.5 Å². The highest BCUT2D eigenvalue weighted by Crippen LogP contribution is 2.29. The number of likely N-dealkylation sites (N-methyl/N-ethyl adjacent to an activating group) is 1. The fourth-order valence-corrected chi connectivity index (χ4v) is 2.56. The van der Waals surface area contributed by atoms with Crippen molar-refractivity contribution in [2.24, 2.45) is 5.73 Å². The number of nitrogens with two attached hydrogens (primary N) is 1. The number of hydrogen-bond donors (Lipinski definition) is 1. The van der Waals surface area contributed by atoms with E-state index in [1.807, 2.05) is 42.6 Å². The molecule has 2 N–H and O–H groups in total. The summed E-state index contributed by atoms with van der Waals surface area (Å²) in [5, 5.41) is 0. The lowest BCUT2D eigenvalue weighted by Gasteiger charge is -2.30. The average molecular weight is 285 g/mol. The lowest BCUT2D eigenvalue weighted by atomic mass is 10.0. The van der Waals surface area contributed by atoms with Gasteiger partial charge in [0.2, 0.25) is 0 Å². The molecule has 0 aliphatic rings.